The molecular formula is C30H35F3N6O3. The molecule has 0 spiro atoms. The molecule has 6 bridgehead atoms. The number of amides is 1. The molecule has 9 nitrogen and oxygen atoms in total. The summed E-state index contributed by atoms with van der Waals surface area (Å²) in [5.74, 6) is 1.14. The molecule has 0 radical (unpaired) electrons. The molecule has 3 aliphatic heterocycles. The molecule has 2 N–H and O–H groups in total. The Morgan fingerprint density at radius 1 is 0.976 bits per heavy atom. The molecule has 2 aromatic carbocycles. The van der Waals surface area contributed by atoms with Gasteiger partial charge in [-0.3, -0.25) is 4.79 Å². The highest BCUT2D eigenvalue weighted by atomic mass is 19.4. The van der Waals surface area contributed by atoms with Gasteiger partial charge in [-0.05, 0) is 48.1 Å². The van der Waals surface area contributed by atoms with Crippen LogP contribution in [0, 0.1) is 0 Å². The van der Waals surface area contributed by atoms with Crippen LogP contribution in [0.25, 0.3) is 5.70 Å². The summed E-state index contributed by atoms with van der Waals surface area (Å²) in [4.78, 5) is 26.5. The maximum absolute atomic E-state index is 12.8. The number of carbonyl (C=O) groups is 1. The number of anilines is 1. The van der Waals surface area contributed by atoms with Crippen LogP contribution in [-0.4, -0.2) is 64.8 Å². The lowest BCUT2D eigenvalue weighted by Crippen LogP contribution is -2.32. The van der Waals surface area contributed by atoms with Gasteiger partial charge < -0.3 is 25.0 Å². The summed E-state index contributed by atoms with van der Waals surface area (Å²) < 4.78 is 49.1. The number of benzene rings is 2. The van der Waals surface area contributed by atoms with Gasteiger partial charge in [0, 0.05) is 45.2 Å². The zero-order valence-corrected chi connectivity index (χ0v) is 23.5. The van der Waals surface area contributed by atoms with E-state index in [0.717, 1.165) is 47.4 Å². The van der Waals surface area contributed by atoms with E-state index >= 15 is 0 Å². The maximum Gasteiger partial charge on any atom is 0.422 e. The molecule has 3 aliphatic rings. The fourth-order valence-electron chi connectivity index (χ4n) is 4.29. The number of ether oxygens (including phenoxy) is 2. The van der Waals surface area contributed by atoms with Crippen LogP contribution in [0.3, 0.4) is 0 Å². The number of carbonyl (C=O) groups excluding carboxylic acids is 1. The Morgan fingerprint density at radius 2 is 1.69 bits per heavy atom. The van der Waals surface area contributed by atoms with E-state index < -0.39 is 18.8 Å². The molecule has 0 aliphatic carbocycles. The summed E-state index contributed by atoms with van der Waals surface area (Å²) in [7, 11) is 0. The predicted octanol–water partition coefficient (Wildman–Crippen LogP) is 4.99. The van der Waals surface area contributed by atoms with Crippen molar-refractivity contribution in [2.45, 2.75) is 45.3 Å². The first kappa shape index (κ1) is 30.6. The second-order valence-electron chi connectivity index (χ2n) is 9.95. The van der Waals surface area contributed by atoms with Crippen molar-refractivity contribution in [2.75, 3.05) is 38.2 Å². The monoisotopic (exact) mass is 584 g/mol. The van der Waals surface area contributed by atoms with E-state index in [0.29, 0.717) is 32.8 Å². The van der Waals surface area contributed by atoms with Crippen molar-refractivity contribution in [3.05, 3.63) is 77.6 Å². The van der Waals surface area contributed by atoms with Crippen molar-refractivity contribution < 1.29 is 27.4 Å². The van der Waals surface area contributed by atoms with Gasteiger partial charge in [-0.2, -0.15) is 28.1 Å². The number of fused-ring (bicyclic) bond motifs is 2. The molecule has 12 heteroatoms. The van der Waals surface area contributed by atoms with Crippen molar-refractivity contribution >= 4 is 17.6 Å². The van der Waals surface area contributed by atoms with E-state index in [9.17, 15) is 18.0 Å². The van der Waals surface area contributed by atoms with Gasteiger partial charge >= 0.3 is 12.2 Å². The molecule has 0 saturated carbocycles. The lowest BCUT2D eigenvalue weighted by Gasteiger charge is -2.21. The topological polar surface area (TPSA) is 102 Å². The van der Waals surface area contributed by atoms with Crippen LogP contribution < -0.4 is 20.1 Å². The number of halogens is 3. The van der Waals surface area contributed by atoms with E-state index in [1.165, 1.54) is 0 Å². The predicted molar refractivity (Wildman–Crippen MR) is 153 cm³/mol. The zero-order valence-electron chi connectivity index (χ0n) is 23.5. The fraction of sp³-hybridized carbons (Fsp3) is 0.400. The van der Waals surface area contributed by atoms with Crippen LogP contribution in [0.2, 0.25) is 0 Å². The third-order valence-electron chi connectivity index (χ3n) is 6.54. The van der Waals surface area contributed by atoms with Crippen LogP contribution in [0.5, 0.6) is 11.8 Å². The summed E-state index contributed by atoms with van der Waals surface area (Å²) in [6, 6.07) is 14.6. The zero-order chi connectivity index (χ0) is 30.0. The number of rotatable bonds is 2. The van der Waals surface area contributed by atoms with Crippen molar-refractivity contribution in [3.63, 3.8) is 0 Å². The summed E-state index contributed by atoms with van der Waals surface area (Å²) in [5, 5.41) is 6.36. The minimum atomic E-state index is -4.53. The first-order valence-electron chi connectivity index (χ1n) is 13.8. The number of alkyl halides is 3. The Kier molecular flexibility index (Phi) is 10.6. The van der Waals surface area contributed by atoms with Gasteiger partial charge in [0.2, 0.25) is 11.9 Å². The highest BCUT2D eigenvalue weighted by Crippen LogP contribution is 2.20. The summed E-state index contributed by atoms with van der Waals surface area (Å²) in [6.07, 6.45) is -1.86. The van der Waals surface area contributed by atoms with Crippen molar-refractivity contribution in [3.8, 4) is 11.8 Å². The minimum Gasteiger partial charge on any atom is -0.494 e. The Balaban J connectivity index is 1.53. The van der Waals surface area contributed by atoms with Crippen LogP contribution in [0.1, 0.15) is 48.7 Å². The Morgan fingerprint density at radius 3 is 2.40 bits per heavy atom. The highest BCUT2D eigenvalue weighted by Gasteiger charge is 2.29. The number of aromatic nitrogens is 3. The van der Waals surface area contributed by atoms with Gasteiger partial charge in [-0.15, -0.1) is 0 Å². The van der Waals surface area contributed by atoms with Crippen LogP contribution in [-0.2, 0) is 17.8 Å². The second kappa shape index (κ2) is 14.5. The average Bonchev–Trinajstić information content (AvgIpc) is 2.96. The Hall–Kier alpha value is -4.35. The Bertz CT molecular complexity index is 1330. The third-order valence-corrected chi connectivity index (χ3v) is 6.54. The second-order valence-corrected chi connectivity index (χ2v) is 9.95. The molecule has 4 heterocycles. The van der Waals surface area contributed by atoms with Gasteiger partial charge in [0.1, 0.15) is 11.6 Å². The van der Waals surface area contributed by atoms with E-state index in [4.69, 9.17) is 9.47 Å². The van der Waals surface area contributed by atoms with Gasteiger partial charge in [0.15, 0.2) is 6.61 Å². The average molecular weight is 585 g/mol. The first-order valence-corrected chi connectivity index (χ1v) is 13.8. The van der Waals surface area contributed by atoms with E-state index in [1.807, 2.05) is 53.4 Å². The third kappa shape index (κ3) is 9.93. The number of nitrogens with one attached hydrogen (secondary N) is 2. The molecule has 224 valence electrons. The summed E-state index contributed by atoms with van der Waals surface area (Å²) in [5.41, 5.74) is 3.39. The molecule has 0 atom stereocenters. The molecule has 1 amide bonds. The fourth-order valence-corrected chi connectivity index (χ4v) is 4.29. The molecular weight excluding hydrogens is 549 g/mol. The molecule has 0 unspecified atom stereocenters. The van der Waals surface area contributed by atoms with Gasteiger partial charge in [-0.1, -0.05) is 43.0 Å². The Labute approximate surface area is 243 Å². The highest BCUT2D eigenvalue weighted by molar-refractivity contribution is 5.73. The molecule has 0 fully saturated rings. The smallest absolute Gasteiger partial charge is 0.422 e. The van der Waals surface area contributed by atoms with E-state index in [1.54, 1.807) is 6.92 Å². The van der Waals surface area contributed by atoms with Gasteiger partial charge in [0.25, 0.3) is 0 Å². The summed E-state index contributed by atoms with van der Waals surface area (Å²) in [6.45, 7) is 7.03. The number of nitrogens with zero attached hydrogens (tertiary/aromatic N) is 4. The van der Waals surface area contributed by atoms with Crippen LogP contribution >= 0.6 is 0 Å². The minimum absolute atomic E-state index is 0.0512. The number of hydrogen-bond donors (Lipinski definition) is 2. The lowest BCUT2D eigenvalue weighted by molar-refractivity contribution is -0.154. The van der Waals surface area contributed by atoms with E-state index in [-0.39, 0.29) is 24.1 Å². The lowest BCUT2D eigenvalue weighted by atomic mass is 10.1. The molecule has 42 heavy (non-hydrogen) atoms. The van der Waals surface area contributed by atoms with Crippen LogP contribution in [0.15, 0.2) is 55.1 Å². The molecule has 0 saturated heterocycles. The van der Waals surface area contributed by atoms with Crippen molar-refractivity contribution in [1.29, 1.82) is 0 Å². The normalized spacial score (nSPS) is 15.5. The maximum atomic E-state index is 12.8. The van der Waals surface area contributed by atoms with E-state index in [2.05, 4.69) is 32.2 Å². The SMILES string of the molecule is C=C1NCCCN(C(C)=O)CCCCOc2ccc(cc2)CNc2nc(nc(OCC(F)(F)F)n2)Cc2ccc1cc2. The molecule has 6 rings (SSSR count). The van der Waals surface area contributed by atoms with Crippen molar-refractivity contribution in [2.24, 2.45) is 0 Å². The van der Waals surface area contributed by atoms with Gasteiger partial charge in [0.05, 0.1) is 6.61 Å². The van der Waals surface area contributed by atoms with Gasteiger partial charge in [-0.25, -0.2) is 0 Å². The molecule has 3 aromatic rings. The van der Waals surface area contributed by atoms with Crippen LogP contribution in [0.4, 0.5) is 19.1 Å². The largest absolute Gasteiger partial charge is 0.494 e. The molecule has 1 aromatic heterocycles. The standard InChI is InChI=1S/C30H35F3N6O3/c1-21-25-10-6-23(7-11-25)18-27-36-28(38-29(37-27)42-20-30(31,32)33)35-19-24-8-12-26(13-9-24)41-17-4-3-15-39(22(2)40)16-5-14-34-21/h6-13,34H,1,3-5,14-20H2,2H3,(H,35,36,37,38). The quantitative estimate of drug-likeness (QED) is 0.435. The first-order chi connectivity index (χ1) is 20.1. The van der Waals surface area contributed by atoms with Crippen molar-refractivity contribution in [1.82, 2.24) is 25.2 Å². The summed E-state index contributed by atoms with van der Waals surface area (Å²) >= 11 is 0. The number of hydrogen-bond acceptors (Lipinski definition) is 8.